The highest BCUT2D eigenvalue weighted by Crippen LogP contribution is 2.70. The van der Waals surface area contributed by atoms with Crippen LogP contribution in [0.5, 0.6) is 0 Å². The quantitative estimate of drug-likeness (QED) is 0.513. The number of rotatable bonds is 0. The second-order valence-corrected chi connectivity index (χ2v) is 6.90. The van der Waals surface area contributed by atoms with Crippen LogP contribution in [0, 0.1) is 22.2 Å². The van der Waals surface area contributed by atoms with Gasteiger partial charge in [0.15, 0.2) is 0 Å². The first kappa shape index (κ1) is 9.69. The van der Waals surface area contributed by atoms with Crippen LogP contribution in [-0.4, -0.2) is 0 Å². The second kappa shape index (κ2) is 2.42. The predicted octanol–water partition coefficient (Wildman–Crippen LogP) is 4.34. The standard InChI is InChI=1S/C15H22/c1-13(2)8-5-6-12-14(3,4)11-7-9-15(12,13)10-11/h6-7,9,11H,5,8,10H2,1-4H3. The molecule has 0 heteroatoms. The van der Waals surface area contributed by atoms with E-state index in [1.165, 1.54) is 19.3 Å². The molecule has 2 bridgehead atoms. The molecule has 0 aliphatic heterocycles. The Kier molecular flexibility index (Phi) is 1.56. The van der Waals surface area contributed by atoms with Gasteiger partial charge in [0.25, 0.3) is 0 Å². The fourth-order valence-corrected chi connectivity index (χ4v) is 4.35. The molecule has 2 unspecified atom stereocenters. The Morgan fingerprint density at radius 3 is 2.60 bits per heavy atom. The van der Waals surface area contributed by atoms with Crippen LogP contribution in [0.1, 0.15) is 47.0 Å². The van der Waals surface area contributed by atoms with Crippen molar-refractivity contribution < 1.29 is 0 Å². The third-order valence-electron chi connectivity index (χ3n) is 5.58. The number of fused-ring (bicyclic) bond motifs is 1. The largest absolute Gasteiger partial charge is 0.0838 e. The molecule has 1 saturated carbocycles. The zero-order chi connectivity index (χ0) is 10.9. The monoisotopic (exact) mass is 202 g/mol. The van der Waals surface area contributed by atoms with Crippen LogP contribution in [0.25, 0.3) is 0 Å². The SMILES string of the molecule is CC1(C)C2=CCCC(C)(C)C23C=CC1C3. The molecule has 0 N–H and O–H groups in total. The lowest BCUT2D eigenvalue weighted by atomic mass is 9.55. The minimum atomic E-state index is 0.416. The van der Waals surface area contributed by atoms with Gasteiger partial charge >= 0.3 is 0 Å². The normalized spacial score (nSPS) is 44.0. The van der Waals surface area contributed by atoms with Crippen molar-refractivity contribution in [3.05, 3.63) is 23.8 Å². The lowest BCUT2D eigenvalue weighted by Gasteiger charge is -2.48. The molecule has 1 spiro atoms. The maximum Gasteiger partial charge on any atom is 0.0153 e. The lowest BCUT2D eigenvalue weighted by Crippen LogP contribution is -2.39. The molecule has 0 aromatic heterocycles. The van der Waals surface area contributed by atoms with Crippen molar-refractivity contribution in [3.63, 3.8) is 0 Å². The zero-order valence-corrected chi connectivity index (χ0v) is 10.4. The fourth-order valence-electron chi connectivity index (χ4n) is 4.35. The summed E-state index contributed by atoms with van der Waals surface area (Å²) in [6, 6.07) is 0. The molecule has 0 amide bonds. The molecular weight excluding hydrogens is 180 g/mol. The molecule has 0 saturated heterocycles. The molecule has 0 aromatic carbocycles. The summed E-state index contributed by atoms with van der Waals surface area (Å²) in [5, 5.41) is 0. The molecule has 2 atom stereocenters. The van der Waals surface area contributed by atoms with Gasteiger partial charge in [0, 0.05) is 5.41 Å². The van der Waals surface area contributed by atoms with Gasteiger partial charge in [-0.05, 0) is 36.0 Å². The zero-order valence-electron chi connectivity index (χ0n) is 10.4. The predicted molar refractivity (Wildman–Crippen MR) is 64.6 cm³/mol. The Balaban J connectivity index is 2.22. The summed E-state index contributed by atoms with van der Waals surface area (Å²) < 4.78 is 0. The molecule has 0 nitrogen and oxygen atoms in total. The van der Waals surface area contributed by atoms with E-state index in [0.717, 1.165) is 5.92 Å². The Hall–Kier alpha value is -0.520. The van der Waals surface area contributed by atoms with E-state index in [1.807, 2.05) is 0 Å². The maximum atomic E-state index is 2.55. The van der Waals surface area contributed by atoms with Crippen LogP contribution in [0.2, 0.25) is 0 Å². The van der Waals surface area contributed by atoms with Crippen molar-refractivity contribution in [1.29, 1.82) is 0 Å². The minimum absolute atomic E-state index is 0.416. The van der Waals surface area contributed by atoms with Gasteiger partial charge in [-0.2, -0.15) is 0 Å². The number of hydrogen-bond acceptors (Lipinski definition) is 0. The molecule has 3 aliphatic rings. The van der Waals surface area contributed by atoms with E-state index in [0.29, 0.717) is 16.2 Å². The Morgan fingerprint density at radius 2 is 1.93 bits per heavy atom. The molecule has 3 rings (SSSR count). The van der Waals surface area contributed by atoms with Crippen molar-refractivity contribution in [2.45, 2.75) is 47.0 Å². The molecule has 3 aliphatic carbocycles. The van der Waals surface area contributed by atoms with Gasteiger partial charge in [0.1, 0.15) is 0 Å². The third-order valence-corrected chi connectivity index (χ3v) is 5.58. The minimum Gasteiger partial charge on any atom is -0.0838 e. The molecule has 0 radical (unpaired) electrons. The van der Waals surface area contributed by atoms with Crippen molar-refractivity contribution in [2.75, 3.05) is 0 Å². The van der Waals surface area contributed by atoms with Crippen LogP contribution in [-0.2, 0) is 0 Å². The van der Waals surface area contributed by atoms with Crippen LogP contribution in [0.15, 0.2) is 23.8 Å². The highest BCUT2D eigenvalue weighted by Gasteiger charge is 2.61. The average molecular weight is 202 g/mol. The summed E-state index contributed by atoms with van der Waals surface area (Å²) in [5.74, 6) is 0.793. The Bertz CT molecular complexity index is 367. The summed E-state index contributed by atoms with van der Waals surface area (Å²) >= 11 is 0. The van der Waals surface area contributed by atoms with Gasteiger partial charge in [0.05, 0.1) is 0 Å². The van der Waals surface area contributed by atoms with E-state index in [4.69, 9.17) is 0 Å². The van der Waals surface area contributed by atoms with Crippen molar-refractivity contribution in [2.24, 2.45) is 22.2 Å². The van der Waals surface area contributed by atoms with Crippen molar-refractivity contribution >= 4 is 0 Å². The van der Waals surface area contributed by atoms with E-state index in [2.05, 4.69) is 45.9 Å². The van der Waals surface area contributed by atoms with Crippen LogP contribution < -0.4 is 0 Å². The summed E-state index contributed by atoms with van der Waals surface area (Å²) in [5.41, 5.74) is 3.06. The molecule has 1 fully saturated rings. The Morgan fingerprint density at radius 1 is 1.20 bits per heavy atom. The summed E-state index contributed by atoms with van der Waals surface area (Å²) in [4.78, 5) is 0. The summed E-state index contributed by atoms with van der Waals surface area (Å²) in [7, 11) is 0. The topological polar surface area (TPSA) is 0 Å². The first-order valence-corrected chi connectivity index (χ1v) is 6.31. The Labute approximate surface area is 93.5 Å². The van der Waals surface area contributed by atoms with Gasteiger partial charge in [-0.15, -0.1) is 0 Å². The van der Waals surface area contributed by atoms with E-state index < -0.39 is 0 Å². The summed E-state index contributed by atoms with van der Waals surface area (Å²) in [6.45, 7) is 9.81. The molecule has 15 heavy (non-hydrogen) atoms. The number of hydrogen-bond donors (Lipinski definition) is 0. The second-order valence-electron chi connectivity index (χ2n) is 6.90. The van der Waals surface area contributed by atoms with E-state index in [9.17, 15) is 0 Å². The fraction of sp³-hybridized carbons (Fsp3) is 0.733. The highest BCUT2D eigenvalue weighted by atomic mass is 14.6. The first-order valence-electron chi connectivity index (χ1n) is 6.31. The smallest absolute Gasteiger partial charge is 0.0153 e. The number of allylic oxidation sites excluding steroid dienone is 4. The van der Waals surface area contributed by atoms with Gasteiger partial charge in [-0.3, -0.25) is 0 Å². The van der Waals surface area contributed by atoms with Crippen LogP contribution in [0.3, 0.4) is 0 Å². The van der Waals surface area contributed by atoms with E-state index >= 15 is 0 Å². The maximum absolute atomic E-state index is 2.55. The van der Waals surface area contributed by atoms with Crippen LogP contribution >= 0.6 is 0 Å². The molecular formula is C15H22. The highest BCUT2D eigenvalue weighted by molar-refractivity contribution is 5.44. The van der Waals surface area contributed by atoms with Gasteiger partial charge in [-0.25, -0.2) is 0 Å². The van der Waals surface area contributed by atoms with Crippen LogP contribution in [0.4, 0.5) is 0 Å². The van der Waals surface area contributed by atoms with E-state index in [-0.39, 0.29) is 0 Å². The lowest BCUT2D eigenvalue weighted by molar-refractivity contribution is 0.145. The average Bonchev–Trinajstić information content (AvgIpc) is 2.63. The third kappa shape index (κ3) is 0.898. The van der Waals surface area contributed by atoms with Crippen molar-refractivity contribution in [1.82, 2.24) is 0 Å². The summed E-state index contributed by atoms with van der Waals surface area (Å²) in [6.07, 6.45) is 11.6. The van der Waals surface area contributed by atoms with E-state index in [1.54, 1.807) is 5.57 Å². The van der Waals surface area contributed by atoms with Gasteiger partial charge < -0.3 is 0 Å². The van der Waals surface area contributed by atoms with Gasteiger partial charge in [0.2, 0.25) is 0 Å². The van der Waals surface area contributed by atoms with Gasteiger partial charge in [-0.1, -0.05) is 51.5 Å². The molecule has 82 valence electrons. The molecule has 0 heterocycles. The molecule has 0 aromatic rings. The first-order chi connectivity index (χ1) is 6.90. The van der Waals surface area contributed by atoms with Crippen molar-refractivity contribution in [3.8, 4) is 0 Å².